The molecule has 0 heterocycles. The van der Waals surface area contributed by atoms with Gasteiger partial charge in [0.2, 0.25) is 0 Å². The highest BCUT2D eigenvalue weighted by Crippen LogP contribution is 2.27. The van der Waals surface area contributed by atoms with Crippen molar-refractivity contribution in [2.45, 2.75) is 32.9 Å². The second kappa shape index (κ2) is 7.41. The van der Waals surface area contributed by atoms with Crippen LogP contribution in [0.4, 0.5) is 0 Å². The standard InChI is InChI=1S/C14H19Br2NO2/c1-8(2)13(14(18)19-4)17-9(3)11-6-5-10(15)7-12(11)16/h5-9,13,17H,1-4H3/t9?,13-/m0/s1. The summed E-state index contributed by atoms with van der Waals surface area (Å²) in [6.45, 7) is 6.03. The molecule has 106 valence electrons. The molecule has 5 heteroatoms. The smallest absolute Gasteiger partial charge is 0.323 e. The average molecular weight is 393 g/mol. The summed E-state index contributed by atoms with van der Waals surface area (Å²) >= 11 is 6.97. The molecule has 0 aromatic heterocycles. The third-order valence-electron chi connectivity index (χ3n) is 2.98. The molecule has 0 amide bonds. The van der Waals surface area contributed by atoms with Gasteiger partial charge in [0.1, 0.15) is 6.04 Å². The van der Waals surface area contributed by atoms with Crippen molar-refractivity contribution in [1.82, 2.24) is 5.32 Å². The molecule has 19 heavy (non-hydrogen) atoms. The summed E-state index contributed by atoms with van der Waals surface area (Å²) in [6, 6.07) is 5.75. The van der Waals surface area contributed by atoms with E-state index in [2.05, 4.69) is 37.2 Å². The van der Waals surface area contributed by atoms with E-state index in [1.807, 2.05) is 39.0 Å². The van der Waals surface area contributed by atoms with Crippen molar-refractivity contribution in [2.24, 2.45) is 5.92 Å². The Morgan fingerprint density at radius 2 is 1.89 bits per heavy atom. The van der Waals surface area contributed by atoms with E-state index < -0.39 is 0 Å². The lowest BCUT2D eigenvalue weighted by Gasteiger charge is -2.25. The van der Waals surface area contributed by atoms with E-state index in [1.165, 1.54) is 7.11 Å². The number of carbonyl (C=O) groups is 1. The highest BCUT2D eigenvalue weighted by molar-refractivity contribution is 9.11. The predicted octanol–water partition coefficient (Wildman–Crippen LogP) is 4.06. The van der Waals surface area contributed by atoms with Gasteiger partial charge in [-0.3, -0.25) is 10.1 Å². The van der Waals surface area contributed by atoms with E-state index in [1.54, 1.807) is 0 Å². The zero-order valence-electron chi connectivity index (χ0n) is 11.5. The van der Waals surface area contributed by atoms with Crippen LogP contribution in [0, 0.1) is 5.92 Å². The van der Waals surface area contributed by atoms with E-state index in [0.717, 1.165) is 14.5 Å². The molecule has 1 rings (SSSR count). The first kappa shape index (κ1) is 16.7. The lowest BCUT2D eigenvalue weighted by atomic mass is 10.0. The molecule has 0 aliphatic rings. The fraction of sp³-hybridized carbons (Fsp3) is 0.500. The molecule has 0 fully saturated rings. The number of rotatable bonds is 5. The van der Waals surface area contributed by atoms with Gasteiger partial charge in [0.25, 0.3) is 0 Å². The van der Waals surface area contributed by atoms with E-state index in [4.69, 9.17) is 4.74 Å². The lowest BCUT2D eigenvalue weighted by Crippen LogP contribution is -2.43. The Kier molecular flexibility index (Phi) is 6.50. The number of hydrogen-bond acceptors (Lipinski definition) is 3. The Morgan fingerprint density at radius 3 is 2.37 bits per heavy atom. The molecular formula is C14H19Br2NO2. The monoisotopic (exact) mass is 391 g/mol. The minimum Gasteiger partial charge on any atom is -0.468 e. The first-order valence-corrected chi connectivity index (χ1v) is 7.74. The van der Waals surface area contributed by atoms with Gasteiger partial charge in [-0.1, -0.05) is 51.8 Å². The first-order valence-electron chi connectivity index (χ1n) is 6.15. The maximum absolute atomic E-state index is 11.8. The van der Waals surface area contributed by atoms with Crippen LogP contribution in [0.25, 0.3) is 0 Å². The van der Waals surface area contributed by atoms with Crippen molar-refractivity contribution in [3.8, 4) is 0 Å². The molecule has 3 nitrogen and oxygen atoms in total. The SMILES string of the molecule is COC(=O)[C@@H](NC(C)c1ccc(Br)cc1Br)C(C)C. The summed E-state index contributed by atoms with van der Waals surface area (Å²) in [4.78, 5) is 11.8. The third kappa shape index (κ3) is 4.58. The van der Waals surface area contributed by atoms with Gasteiger partial charge in [0.15, 0.2) is 0 Å². The summed E-state index contributed by atoms with van der Waals surface area (Å²) in [6.07, 6.45) is 0. The minimum atomic E-state index is -0.310. The lowest BCUT2D eigenvalue weighted by molar-refractivity contribution is -0.144. The molecule has 0 bridgehead atoms. The van der Waals surface area contributed by atoms with Crippen LogP contribution < -0.4 is 5.32 Å². The molecule has 2 atom stereocenters. The number of benzene rings is 1. The van der Waals surface area contributed by atoms with E-state index in [9.17, 15) is 4.79 Å². The summed E-state index contributed by atoms with van der Waals surface area (Å²) in [5.74, 6) is -0.0563. The Balaban J connectivity index is 2.87. The Bertz CT molecular complexity index is 449. The van der Waals surface area contributed by atoms with Gasteiger partial charge in [-0.2, -0.15) is 0 Å². The highest BCUT2D eigenvalue weighted by Gasteiger charge is 2.25. The van der Waals surface area contributed by atoms with Gasteiger partial charge < -0.3 is 4.74 Å². The van der Waals surface area contributed by atoms with Crippen LogP contribution in [-0.4, -0.2) is 19.1 Å². The maximum atomic E-state index is 11.8. The van der Waals surface area contributed by atoms with Crippen molar-refractivity contribution >= 4 is 37.8 Å². The minimum absolute atomic E-state index is 0.0500. The summed E-state index contributed by atoms with van der Waals surface area (Å²) in [5, 5.41) is 3.32. The second-order valence-electron chi connectivity index (χ2n) is 4.80. The molecule has 1 unspecified atom stereocenters. The quantitative estimate of drug-likeness (QED) is 0.768. The second-order valence-corrected chi connectivity index (χ2v) is 6.57. The number of ether oxygens (including phenoxy) is 1. The van der Waals surface area contributed by atoms with E-state index in [0.29, 0.717) is 0 Å². The van der Waals surface area contributed by atoms with Crippen molar-refractivity contribution in [3.63, 3.8) is 0 Å². The van der Waals surface area contributed by atoms with Crippen LogP contribution in [0.5, 0.6) is 0 Å². The van der Waals surface area contributed by atoms with Crippen LogP contribution in [0.3, 0.4) is 0 Å². The number of carbonyl (C=O) groups excluding carboxylic acids is 1. The zero-order valence-corrected chi connectivity index (χ0v) is 14.7. The number of methoxy groups -OCH3 is 1. The zero-order chi connectivity index (χ0) is 14.6. The molecule has 1 N–H and O–H groups in total. The topological polar surface area (TPSA) is 38.3 Å². The molecule has 0 saturated carbocycles. The summed E-state index contributed by atoms with van der Waals surface area (Å²) < 4.78 is 6.86. The number of esters is 1. The molecule has 0 spiro atoms. The van der Waals surface area contributed by atoms with E-state index in [-0.39, 0.29) is 24.0 Å². The molecule has 0 aliphatic carbocycles. The molecule has 0 radical (unpaired) electrons. The van der Waals surface area contributed by atoms with Crippen molar-refractivity contribution in [1.29, 1.82) is 0 Å². The predicted molar refractivity (Wildman–Crippen MR) is 84.0 cm³/mol. The number of halogens is 2. The normalized spacial score (nSPS) is 14.3. The van der Waals surface area contributed by atoms with Crippen molar-refractivity contribution in [3.05, 3.63) is 32.7 Å². The van der Waals surface area contributed by atoms with Gasteiger partial charge in [0, 0.05) is 15.0 Å². The van der Waals surface area contributed by atoms with Crippen LogP contribution in [0.2, 0.25) is 0 Å². The highest BCUT2D eigenvalue weighted by atomic mass is 79.9. The van der Waals surface area contributed by atoms with Gasteiger partial charge in [-0.15, -0.1) is 0 Å². The van der Waals surface area contributed by atoms with Gasteiger partial charge >= 0.3 is 5.97 Å². The van der Waals surface area contributed by atoms with Crippen LogP contribution in [0.15, 0.2) is 27.1 Å². The van der Waals surface area contributed by atoms with Crippen molar-refractivity contribution in [2.75, 3.05) is 7.11 Å². The van der Waals surface area contributed by atoms with E-state index >= 15 is 0 Å². The molecule has 1 aromatic carbocycles. The summed E-state index contributed by atoms with van der Waals surface area (Å²) in [7, 11) is 1.42. The van der Waals surface area contributed by atoms with Gasteiger partial charge in [-0.05, 0) is 30.5 Å². The van der Waals surface area contributed by atoms with Gasteiger partial charge in [0.05, 0.1) is 7.11 Å². The molecular weight excluding hydrogens is 374 g/mol. The Labute approximate surface area is 131 Å². The largest absolute Gasteiger partial charge is 0.468 e. The van der Waals surface area contributed by atoms with Crippen LogP contribution in [0.1, 0.15) is 32.4 Å². The summed E-state index contributed by atoms with van der Waals surface area (Å²) in [5.41, 5.74) is 1.11. The molecule has 1 aromatic rings. The Morgan fingerprint density at radius 1 is 1.26 bits per heavy atom. The van der Waals surface area contributed by atoms with Gasteiger partial charge in [-0.25, -0.2) is 0 Å². The number of nitrogens with one attached hydrogen (secondary N) is 1. The third-order valence-corrected chi connectivity index (χ3v) is 4.16. The van der Waals surface area contributed by atoms with Crippen LogP contribution >= 0.6 is 31.9 Å². The fourth-order valence-corrected chi connectivity index (χ4v) is 3.26. The van der Waals surface area contributed by atoms with Crippen molar-refractivity contribution < 1.29 is 9.53 Å². The molecule has 0 saturated heterocycles. The maximum Gasteiger partial charge on any atom is 0.323 e. The van der Waals surface area contributed by atoms with Crippen LogP contribution in [-0.2, 0) is 9.53 Å². The Hall–Kier alpha value is -0.390. The first-order chi connectivity index (χ1) is 8.86. The average Bonchev–Trinajstić information content (AvgIpc) is 2.34. The fourth-order valence-electron chi connectivity index (χ4n) is 1.87. The molecule has 0 aliphatic heterocycles. The number of hydrogen-bond donors (Lipinski definition) is 1.